The van der Waals surface area contributed by atoms with E-state index >= 15 is 0 Å². The molecule has 1 atom stereocenters. The summed E-state index contributed by atoms with van der Waals surface area (Å²) in [4.78, 5) is 38.9. The summed E-state index contributed by atoms with van der Waals surface area (Å²) in [6, 6.07) is 5.56. The van der Waals surface area contributed by atoms with Gasteiger partial charge in [0.15, 0.2) is 0 Å². The molecule has 1 aliphatic heterocycles. The average Bonchev–Trinajstić information content (AvgIpc) is 2.59. The fraction of sp³-hybridized carbons (Fsp3) is 0.526. The summed E-state index contributed by atoms with van der Waals surface area (Å²) in [5, 5.41) is 2.05. The van der Waals surface area contributed by atoms with Crippen LogP contribution in [0.25, 0.3) is 0 Å². The van der Waals surface area contributed by atoms with Gasteiger partial charge in [0.2, 0.25) is 11.8 Å². The standard InChI is InChI=1S/C19H28N4O3/c1-13-4-6-16(15(3)12-13)22-8-10-23(11-9-22)17(24)7-5-14(2)18(25)21-19(20)26/h4,6,12,14H,5,7-11H2,1-3H3,(H3,20,21,25,26). The van der Waals surface area contributed by atoms with E-state index in [1.165, 1.54) is 16.8 Å². The van der Waals surface area contributed by atoms with Crippen molar-refractivity contribution in [3.63, 3.8) is 0 Å². The summed E-state index contributed by atoms with van der Waals surface area (Å²) >= 11 is 0. The number of benzene rings is 1. The molecule has 1 fully saturated rings. The summed E-state index contributed by atoms with van der Waals surface area (Å²) in [5.74, 6) is -0.822. The number of hydrogen-bond acceptors (Lipinski definition) is 4. The molecule has 1 aliphatic rings. The normalized spacial score (nSPS) is 15.5. The molecule has 4 amide bonds. The zero-order valence-corrected chi connectivity index (χ0v) is 15.7. The van der Waals surface area contributed by atoms with Gasteiger partial charge >= 0.3 is 6.03 Å². The largest absolute Gasteiger partial charge is 0.368 e. The molecule has 0 aromatic heterocycles. The maximum Gasteiger partial charge on any atom is 0.318 e. The van der Waals surface area contributed by atoms with Crippen LogP contribution in [0.15, 0.2) is 18.2 Å². The first-order chi connectivity index (χ1) is 12.3. The van der Waals surface area contributed by atoms with E-state index in [-0.39, 0.29) is 12.3 Å². The lowest BCUT2D eigenvalue weighted by molar-refractivity contribution is -0.132. The molecule has 0 aliphatic carbocycles. The molecule has 142 valence electrons. The highest BCUT2D eigenvalue weighted by Gasteiger charge is 2.23. The fourth-order valence-electron chi connectivity index (χ4n) is 3.23. The molecule has 26 heavy (non-hydrogen) atoms. The van der Waals surface area contributed by atoms with Crippen LogP contribution in [-0.2, 0) is 9.59 Å². The van der Waals surface area contributed by atoms with Gasteiger partial charge < -0.3 is 15.5 Å². The van der Waals surface area contributed by atoms with Crippen molar-refractivity contribution in [2.24, 2.45) is 11.7 Å². The number of imide groups is 1. The molecule has 0 bridgehead atoms. The molecule has 7 heteroatoms. The van der Waals surface area contributed by atoms with Gasteiger partial charge in [0.05, 0.1) is 0 Å². The Labute approximate surface area is 154 Å². The van der Waals surface area contributed by atoms with Crippen LogP contribution >= 0.6 is 0 Å². The van der Waals surface area contributed by atoms with Crippen LogP contribution in [0, 0.1) is 19.8 Å². The van der Waals surface area contributed by atoms with E-state index in [9.17, 15) is 14.4 Å². The highest BCUT2D eigenvalue weighted by molar-refractivity contribution is 5.94. The maximum absolute atomic E-state index is 12.4. The van der Waals surface area contributed by atoms with Crippen LogP contribution in [0.5, 0.6) is 0 Å². The number of carbonyl (C=O) groups excluding carboxylic acids is 3. The van der Waals surface area contributed by atoms with Crippen molar-refractivity contribution in [3.05, 3.63) is 29.3 Å². The third-order valence-corrected chi connectivity index (χ3v) is 4.81. The van der Waals surface area contributed by atoms with Crippen molar-refractivity contribution in [2.45, 2.75) is 33.6 Å². The number of aryl methyl sites for hydroxylation is 2. The van der Waals surface area contributed by atoms with Crippen molar-refractivity contribution in [3.8, 4) is 0 Å². The van der Waals surface area contributed by atoms with Gasteiger partial charge in [-0.2, -0.15) is 0 Å². The van der Waals surface area contributed by atoms with E-state index in [0.29, 0.717) is 19.5 Å². The first-order valence-corrected chi connectivity index (χ1v) is 8.98. The SMILES string of the molecule is Cc1ccc(N2CCN(C(=O)CCC(C)C(=O)NC(N)=O)CC2)c(C)c1. The maximum atomic E-state index is 12.4. The van der Waals surface area contributed by atoms with Crippen molar-refractivity contribution < 1.29 is 14.4 Å². The number of nitrogens with zero attached hydrogens (tertiary/aromatic N) is 2. The summed E-state index contributed by atoms with van der Waals surface area (Å²) in [7, 11) is 0. The average molecular weight is 360 g/mol. The van der Waals surface area contributed by atoms with E-state index < -0.39 is 17.9 Å². The Morgan fingerprint density at radius 2 is 1.81 bits per heavy atom. The van der Waals surface area contributed by atoms with Crippen molar-refractivity contribution in [2.75, 3.05) is 31.1 Å². The number of primary amides is 1. The van der Waals surface area contributed by atoms with Gasteiger partial charge in [0, 0.05) is 44.2 Å². The molecule has 1 aromatic rings. The molecule has 1 aromatic carbocycles. The second kappa shape index (κ2) is 8.69. The Bertz CT molecular complexity index is 681. The minimum atomic E-state index is -0.865. The minimum absolute atomic E-state index is 0.0454. The van der Waals surface area contributed by atoms with Gasteiger partial charge in [0.25, 0.3) is 0 Å². The summed E-state index contributed by atoms with van der Waals surface area (Å²) < 4.78 is 0. The van der Waals surface area contributed by atoms with E-state index in [1.807, 2.05) is 10.2 Å². The van der Waals surface area contributed by atoms with Crippen LogP contribution in [0.3, 0.4) is 0 Å². The van der Waals surface area contributed by atoms with Crippen molar-refractivity contribution in [1.29, 1.82) is 0 Å². The van der Waals surface area contributed by atoms with Crippen molar-refractivity contribution in [1.82, 2.24) is 10.2 Å². The van der Waals surface area contributed by atoms with E-state index in [1.54, 1.807) is 6.92 Å². The predicted molar refractivity (Wildman–Crippen MR) is 101 cm³/mol. The number of anilines is 1. The number of hydrogen-bond donors (Lipinski definition) is 2. The first-order valence-electron chi connectivity index (χ1n) is 8.98. The molecular formula is C19H28N4O3. The van der Waals surface area contributed by atoms with Crippen LogP contribution in [0.2, 0.25) is 0 Å². The lowest BCUT2D eigenvalue weighted by Crippen LogP contribution is -2.49. The Balaban J connectivity index is 1.81. The number of nitrogens with two attached hydrogens (primary N) is 1. The third-order valence-electron chi connectivity index (χ3n) is 4.81. The Hall–Kier alpha value is -2.57. The number of amides is 4. The molecule has 1 saturated heterocycles. The smallest absolute Gasteiger partial charge is 0.318 e. The van der Waals surface area contributed by atoms with Gasteiger partial charge in [-0.1, -0.05) is 24.6 Å². The van der Waals surface area contributed by atoms with Gasteiger partial charge in [-0.15, -0.1) is 0 Å². The van der Waals surface area contributed by atoms with Crippen LogP contribution < -0.4 is 16.0 Å². The monoisotopic (exact) mass is 360 g/mol. The quantitative estimate of drug-likeness (QED) is 0.833. The van der Waals surface area contributed by atoms with Gasteiger partial charge in [-0.3, -0.25) is 14.9 Å². The minimum Gasteiger partial charge on any atom is -0.368 e. The highest BCUT2D eigenvalue weighted by atomic mass is 16.2. The Kier molecular flexibility index (Phi) is 6.60. The molecular weight excluding hydrogens is 332 g/mol. The van der Waals surface area contributed by atoms with Gasteiger partial charge in [-0.25, -0.2) is 4.79 Å². The lowest BCUT2D eigenvalue weighted by Gasteiger charge is -2.37. The molecule has 2 rings (SSSR count). The number of carbonyl (C=O) groups is 3. The molecule has 0 spiro atoms. The topological polar surface area (TPSA) is 95.7 Å². The number of rotatable bonds is 5. The second-order valence-corrected chi connectivity index (χ2v) is 6.95. The van der Waals surface area contributed by atoms with Crippen molar-refractivity contribution >= 4 is 23.5 Å². The fourth-order valence-corrected chi connectivity index (χ4v) is 3.23. The summed E-state index contributed by atoms with van der Waals surface area (Å²) in [5.41, 5.74) is 8.65. The van der Waals surface area contributed by atoms with E-state index in [0.717, 1.165) is 13.1 Å². The van der Waals surface area contributed by atoms with Gasteiger partial charge in [-0.05, 0) is 31.9 Å². The molecule has 1 unspecified atom stereocenters. The molecule has 0 saturated carbocycles. The van der Waals surface area contributed by atoms with Crippen LogP contribution in [0.4, 0.5) is 10.5 Å². The molecule has 7 nitrogen and oxygen atoms in total. The summed E-state index contributed by atoms with van der Waals surface area (Å²) in [6.45, 7) is 8.82. The Morgan fingerprint density at radius 3 is 2.38 bits per heavy atom. The lowest BCUT2D eigenvalue weighted by atomic mass is 10.0. The molecule has 0 radical (unpaired) electrons. The Morgan fingerprint density at radius 1 is 1.15 bits per heavy atom. The number of nitrogens with one attached hydrogen (secondary N) is 1. The zero-order valence-electron chi connectivity index (χ0n) is 15.7. The molecule has 1 heterocycles. The number of piperazine rings is 1. The zero-order chi connectivity index (χ0) is 19.3. The summed E-state index contributed by atoms with van der Waals surface area (Å²) in [6.07, 6.45) is 0.687. The predicted octanol–water partition coefficient (Wildman–Crippen LogP) is 1.56. The number of urea groups is 1. The van der Waals surface area contributed by atoms with Crippen LogP contribution in [-0.4, -0.2) is 48.9 Å². The van der Waals surface area contributed by atoms with Gasteiger partial charge in [0.1, 0.15) is 0 Å². The first kappa shape index (κ1) is 19.8. The van der Waals surface area contributed by atoms with E-state index in [4.69, 9.17) is 5.73 Å². The molecule has 3 N–H and O–H groups in total. The second-order valence-electron chi connectivity index (χ2n) is 6.95. The van der Waals surface area contributed by atoms with E-state index in [2.05, 4.69) is 36.9 Å². The van der Waals surface area contributed by atoms with Crippen LogP contribution in [0.1, 0.15) is 30.9 Å². The highest BCUT2D eigenvalue weighted by Crippen LogP contribution is 2.22. The third kappa shape index (κ3) is 5.21.